The molecule has 0 spiro atoms. The SMILES string of the molecule is CCOc1ccc(-c2c(-c3cc(Br)c(OC)c(OC)c3)ncn2C)cc1N.Cl.Cl. The summed E-state index contributed by atoms with van der Waals surface area (Å²) in [4.78, 5) is 4.60. The number of ether oxygens (including phenoxy) is 3. The summed E-state index contributed by atoms with van der Waals surface area (Å²) >= 11 is 3.55. The Bertz CT molecular complexity index is 980. The van der Waals surface area contributed by atoms with E-state index in [-0.39, 0.29) is 24.8 Å². The van der Waals surface area contributed by atoms with Crippen molar-refractivity contribution in [3.63, 3.8) is 0 Å². The molecule has 158 valence electrons. The average molecular weight is 505 g/mol. The van der Waals surface area contributed by atoms with Gasteiger partial charge in [0.2, 0.25) is 0 Å². The van der Waals surface area contributed by atoms with Crippen molar-refractivity contribution in [2.75, 3.05) is 26.6 Å². The number of hydrogen-bond donors (Lipinski definition) is 1. The number of aromatic nitrogens is 2. The highest BCUT2D eigenvalue weighted by Crippen LogP contribution is 2.41. The van der Waals surface area contributed by atoms with Gasteiger partial charge in [-0.3, -0.25) is 0 Å². The summed E-state index contributed by atoms with van der Waals surface area (Å²) in [6.45, 7) is 2.50. The molecule has 0 aliphatic carbocycles. The molecule has 9 heteroatoms. The number of nitrogen functional groups attached to an aromatic ring is 1. The zero-order chi connectivity index (χ0) is 19.6. The molecule has 0 saturated heterocycles. The molecule has 29 heavy (non-hydrogen) atoms. The van der Waals surface area contributed by atoms with Crippen LogP contribution in [0.4, 0.5) is 5.69 Å². The van der Waals surface area contributed by atoms with Gasteiger partial charge in [0.05, 0.1) is 48.7 Å². The fourth-order valence-electron chi connectivity index (χ4n) is 3.02. The van der Waals surface area contributed by atoms with Crippen LogP contribution in [0, 0.1) is 0 Å². The van der Waals surface area contributed by atoms with Crippen molar-refractivity contribution in [2.45, 2.75) is 6.92 Å². The third kappa shape index (κ3) is 4.91. The first-order valence-corrected chi connectivity index (χ1v) is 9.25. The van der Waals surface area contributed by atoms with Crippen LogP contribution < -0.4 is 19.9 Å². The minimum Gasteiger partial charge on any atom is -0.493 e. The summed E-state index contributed by atoms with van der Waals surface area (Å²) in [7, 11) is 5.17. The summed E-state index contributed by atoms with van der Waals surface area (Å²) in [5, 5.41) is 0. The van der Waals surface area contributed by atoms with Crippen LogP contribution >= 0.6 is 40.7 Å². The quantitative estimate of drug-likeness (QED) is 0.457. The molecule has 1 aromatic heterocycles. The normalized spacial score (nSPS) is 9.97. The Hall–Kier alpha value is -2.09. The molecular weight excluding hydrogens is 481 g/mol. The number of aryl methyl sites for hydroxylation is 1. The van der Waals surface area contributed by atoms with E-state index in [9.17, 15) is 0 Å². The van der Waals surface area contributed by atoms with Crippen molar-refractivity contribution in [1.82, 2.24) is 9.55 Å². The Kier molecular flexibility index (Phi) is 9.14. The zero-order valence-electron chi connectivity index (χ0n) is 16.6. The van der Waals surface area contributed by atoms with Crippen molar-refractivity contribution in [2.24, 2.45) is 7.05 Å². The molecule has 1 heterocycles. The average Bonchev–Trinajstić information content (AvgIpc) is 3.04. The molecule has 0 amide bonds. The van der Waals surface area contributed by atoms with Gasteiger partial charge in [0.25, 0.3) is 0 Å². The highest BCUT2D eigenvalue weighted by molar-refractivity contribution is 9.10. The third-order valence-corrected chi connectivity index (χ3v) is 4.82. The van der Waals surface area contributed by atoms with Gasteiger partial charge < -0.3 is 24.5 Å². The van der Waals surface area contributed by atoms with E-state index < -0.39 is 0 Å². The number of nitrogens with zero attached hydrogens (tertiary/aromatic N) is 2. The van der Waals surface area contributed by atoms with E-state index in [0.29, 0.717) is 29.5 Å². The molecule has 0 unspecified atom stereocenters. The van der Waals surface area contributed by atoms with Gasteiger partial charge in [-0.05, 0) is 53.2 Å². The first-order valence-electron chi connectivity index (χ1n) is 8.46. The van der Waals surface area contributed by atoms with Crippen LogP contribution in [0.25, 0.3) is 22.5 Å². The van der Waals surface area contributed by atoms with Crippen LogP contribution in [0.5, 0.6) is 17.2 Å². The Labute approximate surface area is 191 Å². The smallest absolute Gasteiger partial charge is 0.174 e. The summed E-state index contributed by atoms with van der Waals surface area (Å²) < 4.78 is 19.2. The summed E-state index contributed by atoms with van der Waals surface area (Å²) in [5.74, 6) is 1.95. The van der Waals surface area contributed by atoms with Crippen molar-refractivity contribution < 1.29 is 14.2 Å². The number of hydrogen-bond acceptors (Lipinski definition) is 5. The molecule has 3 rings (SSSR count). The molecule has 0 saturated carbocycles. The number of anilines is 1. The van der Waals surface area contributed by atoms with Crippen molar-refractivity contribution in [3.8, 4) is 39.8 Å². The second-order valence-electron chi connectivity index (χ2n) is 5.93. The Morgan fingerprint density at radius 2 is 1.76 bits per heavy atom. The van der Waals surface area contributed by atoms with Gasteiger partial charge in [-0.15, -0.1) is 24.8 Å². The van der Waals surface area contributed by atoms with E-state index in [2.05, 4.69) is 20.9 Å². The lowest BCUT2D eigenvalue weighted by Crippen LogP contribution is -1.98. The molecule has 6 nitrogen and oxygen atoms in total. The third-order valence-electron chi connectivity index (χ3n) is 4.23. The lowest BCUT2D eigenvalue weighted by atomic mass is 10.0. The van der Waals surface area contributed by atoms with Gasteiger partial charge in [0.1, 0.15) is 5.75 Å². The van der Waals surface area contributed by atoms with E-state index in [1.165, 1.54) is 0 Å². The van der Waals surface area contributed by atoms with Crippen molar-refractivity contribution in [3.05, 3.63) is 41.1 Å². The lowest BCUT2D eigenvalue weighted by molar-refractivity contribution is 0.342. The van der Waals surface area contributed by atoms with Crippen LogP contribution in [0.15, 0.2) is 41.1 Å². The van der Waals surface area contributed by atoms with E-state index in [0.717, 1.165) is 27.0 Å². The van der Waals surface area contributed by atoms with Crippen LogP contribution in [0.2, 0.25) is 0 Å². The second kappa shape index (κ2) is 10.6. The monoisotopic (exact) mass is 503 g/mol. The predicted molar refractivity (Wildman–Crippen MR) is 125 cm³/mol. The second-order valence-corrected chi connectivity index (χ2v) is 6.79. The van der Waals surface area contributed by atoms with E-state index >= 15 is 0 Å². The molecule has 2 N–H and O–H groups in total. The maximum absolute atomic E-state index is 6.16. The van der Waals surface area contributed by atoms with Gasteiger partial charge >= 0.3 is 0 Å². The summed E-state index contributed by atoms with van der Waals surface area (Å²) in [5.41, 5.74) is 10.4. The predicted octanol–water partition coefficient (Wildman–Crippen LogP) is 5.36. The molecule has 2 aromatic carbocycles. The molecule has 0 aliphatic heterocycles. The fourth-order valence-corrected chi connectivity index (χ4v) is 3.62. The Morgan fingerprint density at radius 1 is 1.03 bits per heavy atom. The summed E-state index contributed by atoms with van der Waals surface area (Å²) in [6.07, 6.45) is 1.78. The maximum Gasteiger partial charge on any atom is 0.174 e. The van der Waals surface area contributed by atoms with Gasteiger partial charge in [-0.2, -0.15) is 0 Å². The molecular formula is C20H24BrCl2N3O3. The summed E-state index contributed by atoms with van der Waals surface area (Å²) in [6, 6.07) is 9.65. The maximum atomic E-state index is 6.16. The van der Waals surface area contributed by atoms with Crippen molar-refractivity contribution >= 4 is 46.4 Å². The largest absolute Gasteiger partial charge is 0.493 e. The van der Waals surface area contributed by atoms with Gasteiger partial charge in [-0.25, -0.2) is 4.98 Å². The molecule has 0 aliphatic rings. The number of nitrogens with two attached hydrogens (primary N) is 1. The van der Waals surface area contributed by atoms with Crippen molar-refractivity contribution in [1.29, 1.82) is 0 Å². The first-order chi connectivity index (χ1) is 13.0. The minimum absolute atomic E-state index is 0. The minimum atomic E-state index is 0. The number of benzene rings is 2. The number of imidazole rings is 1. The van der Waals surface area contributed by atoms with Gasteiger partial charge in [-0.1, -0.05) is 0 Å². The Morgan fingerprint density at radius 3 is 2.34 bits per heavy atom. The number of rotatable bonds is 6. The van der Waals surface area contributed by atoms with Gasteiger partial charge in [0, 0.05) is 18.2 Å². The zero-order valence-corrected chi connectivity index (χ0v) is 19.8. The van der Waals surface area contributed by atoms with Crippen LogP contribution in [-0.2, 0) is 7.05 Å². The molecule has 3 aromatic rings. The van der Waals surface area contributed by atoms with E-state index in [1.807, 2.05) is 48.9 Å². The number of methoxy groups -OCH3 is 2. The lowest BCUT2D eigenvalue weighted by Gasteiger charge is -2.13. The molecule has 0 atom stereocenters. The highest BCUT2D eigenvalue weighted by Gasteiger charge is 2.18. The van der Waals surface area contributed by atoms with Gasteiger partial charge in [0.15, 0.2) is 11.5 Å². The molecule has 0 bridgehead atoms. The molecule has 0 radical (unpaired) electrons. The van der Waals surface area contributed by atoms with Crippen LogP contribution in [0.1, 0.15) is 6.92 Å². The van der Waals surface area contributed by atoms with E-state index in [4.69, 9.17) is 19.9 Å². The molecule has 0 fully saturated rings. The standard InChI is InChI=1S/C20H22BrN3O3.2ClH/c1-5-27-16-7-6-12(9-15(16)22)19-18(23-11-24(19)2)13-8-14(21)20(26-4)17(10-13)25-3;;/h6-11H,5,22H2,1-4H3;2*1H. The van der Waals surface area contributed by atoms with Crippen LogP contribution in [-0.4, -0.2) is 30.4 Å². The fraction of sp³-hybridized carbons (Fsp3) is 0.250. The van der Waals surface area contributed by atoms with E-state index in [1.54, 1.807) is 20.5 Å². The van der Waals surface area contributed by atoms with Crippen LogP contribution in [0.3, 0.4) is 0 Å². The topological polar surface area (TPSA) is 71.5 Å². The highest BCUT2D eigenvalue weighted by atomic mass is 79.9. The Balaban J connectivity index is 0.00000210. The number of halogens is 3. The first kappa shape index (κ1) is 24.9.